The summed E-state index contributed by atoms with van der Waals surface area (Å²) in [7, 11) is -4.21. The van der Waals surface area contributed by atoms with E-state index in [0.29, 0.717) is 18.8 Å². The molecule has 3 aromatic rings. The molecular formula is C33H45ClN4O6S. The van der Waals surface area contributed by atoms with Gasteiger partial charge in [0, 0.05) is 24.2 Å². The van der Waals surface area contributed by atoms with Gasteiger partial charge in [-0.2, -0.15) is 4.98 Å². The molecule has 0 radical (unpaired) electrons. The Bertz CT molecular complexity index is 1590. The fraction of sp³-hybridized carbons (Fsp3) is 0.485. The molecule has 1 unspecified atom stereocenters. The Morgan fingerprint density at radius 2 is 1.78 bits per heavy atom. The van der Waals surface area contributed by atoms with Crippen molar-refractivity contribution in [3.05, 3.63) is 65.2 Å². The Morgan fingerprint density at radius 3 is 2.38 bits per heavy atom. The number of aryl methyl sites for hydroxylation is 2. The van der Waals surface area contributed by atoms with E-state index in [9.17, 15) is 18.3 Å². The average molecular weight is 661 g/mol. The summed E-state index contributed by atoms with van der Waals surface area (Å²) in [6.45, 7) is 16.6. The minimum absolute atomic E-state index is 0. The number of carbonyl (C=O) groups is 1. The van der Waals surface area contributed by atoms with Gasteiger partial charge in [-0.15, -0.1) is 12.4 Å². The largest absolute Gasteiger partial charge is 0.478 e. The Balaban J connectivity index is 0.00000552. The van der Waals surface area contributed by atoms with Crippen molar-refractivity contribution in [2.24, 2.45) is 10.8 Å². The standard InChI is InChI=1S/C33H44N4O6S.ClH/c1-21-10-8-11-22(2)29(21)27-15-28(36-31(35-27)37-44(40,41)26-13-9-12-23(14-26)30(38)39)42-19-24(16-32(3,4)5)34-18-25-17-33(6,7)20-43-25;/h8-15,24-25,34H,16-20H2,1-7H3,(H,38,39)(H,35,36,37);1H/t24-,25?;/m1./s1. The van der Waals surface area contributed by atoms with Crippen molar-refractivity contribution < 1.29 is 27.8 Å². The van der Waals surface area contributed by atoms with Crippen molar-refractivity contribution in [3.8, 4) is 17.1 Å². The van der Waals surface area contributed by atoms with Crippen molar-refractivity contribution in [1.82, 2.24) is 15.3 Å². The van der Waals surface area contributed by atoms with Crippen LogP contribution in [0.3, 0.4) is 0 Å². The fourth-order valence-electron chi connectivity index (χ4n) is 5.49. The molecule has 12 heteroatoms. The Hall–Kier alpha value is -3.25. The second kappa shape index (κ2) is 14.5. The third-order valence-electron chi connectivity index (χ3n) is 7.47. The fourth-order valence-corrected chi connectivity index (χ4v) is 6.48. The number of carboxylic acid groups (broad SMARTS) is 1. The smallest absolute Gasteiger partial charge is 0.335 e. The maximum absolute atomic E-state index is 13.3. The predicted molar refractivity (Wildman–Crippen MR) is 178 cm³/mol. The zero-order valence-electron chi connectivity index (χ0n) is 27.0. The molecule has 246 valence electrons. The van der Waals surface area contributed by atoms with Gasteiger partial charge in [-0.3, -0.25) is 0 Å². The first-order chi connectivity index (χ1) is 20.5. The average Bonchev–Trinajstić information content (AvgIpc) is 3.27. The summed E-state index contributed by atoms with van der Waals surface area (Å²) in [6, 6.07) is 12.7. The molecule has 0 aliphatic carbocycles. The second-order valence-electron chi connectivity index (χ2n) is 13.6. The van der Waals surface area contributed by atoms with Crippen LogP contribution in [0, 0.1) is 24.7 Å². The topological polar surface area (TPSA) is 140 Å². The maximum atomic E-state index is 13.3. The molecule has 1 aliphatic heterocycles. The van der Waals surface area contributed by atoms with Gasteiger partial charge in [0.1, 0.15) is 6.61 Å². The third kappa shape index (κ3) is 10.1. The van der Waals surface area contributed by atoms with Crippen LogP contribution in [-0.4, -0.2) is 61.4 Å². The van der Waals surface area contributed by atoms with Crippen LogP contribution in [0.15, 0.2) is 53.4 Å². The minimum Gasteiger partial charge on any atom is -0.478 e. The van der Waals surface area contributed by atoms with Gasteiger partial charge in [0.2, 0.25) is 11.8 Å². The van der Waals surface area contributed by atoms with Crippen molar-refractivity contribution >= 4 is 34.3 Å². The monoisotopic (exact) mass is 660 g/mol. The van der Waals surface area contributed by atoms with Gasteiger partial charge in [-0.25, -0.2) is 22.9 Å². The van der Waals surface area contributed by atoms with Gasteiger partial charge in [0.15, 0.2) is 0 Å². The van der Waals surface area contributed by atoms with Gasteiger partial charge in [-0.1, -0.05) is 58.9 Å². The number of hydrogen-bond donors (Lipinski definition) is 3. The maximum Gasteiger partial charge on any atom is 0.335 e. The highest BCUT2D eigenvalue weighted by Crippen LogP contribution is 2.32. The lowest BCUT2D eigenvalue weighted by molar-refractivity contribution is 0.0696. The van der Waals surface area contributed by atoms with Crippen LogP contribution >= 0.6 is 12.4 Å². The number of ether oxygens (including phenoxy) is 2. The number of nitrogens with one attached hydrogen (secondary N) is 2. The zero-order chi connectivity index (χ0) is 32.3. The van der Waals surface area contributed by atoms with E-state index in [4.69, 9.17) is 9.47 Å². The van der Waals surface area contributed by atoms with Crippen LogP contribution < -0.4 is 14.8 Å². The molecular weight excluding hydrogens is 616 g/mol. The lowest BCUT2D eigenvalue weighted by Gasteiger charge is -2.28. The lowest BCUT2D eigenvalue weighted by atomic mass is 9.88. The number of rotatable bonds is 12. The van der Waals surface area contributed by atoms with Gasteiger partial charge in [0.25, 0.3) is 10.0 Å². The van der Waals surface area contributed by atoms with Crippen LogP contribution in [0.4, 0.5) is 5.95 Å². The SMILES string of the molecule is Cc1cccc(C)c1-c1cc(OC[C@@H](CC(C)(C)C)NCC2CC(C)(C)CO2)nc(NS(=O)(=O)c2cccc(C(=O)O)c2)n1.Cl. The first kappa shape index (κ1) is 36.2. The third-order valence-corrected chi connectivity index (χ3v) is 8.80. The van der Waals surface area contributed by atoms with E-state index in [0.717, 1.165) is 42.2 Å². The summed E-state index contributed by atoms with van der Waals surface area (Å²) in [5.74, 6) is -1.19. The molecule has 1 fully saturated rings. The van der Waals surface area contributed by atoms with E-state index >= 15 is 0 Å². The predicted octanol–water partition coefficient (Wildman–Crippen LogP) is 6.27. The van der Waals surface area contributed by atoms with E-state index in [1.54, 1.807) is 6.07 Å². The minimum atomic E-state index is -4.21. The van der Waals surface area contributed by atoms with E-state index in [1.807, 2.05) is 32.0 Å². The van der Waals surface area contributed by atoms with Crippen LogP contribution in [0.25, 0.3) is 11.3 Å². The molecule has 1 aliphatic rings. The van der Waals surface area contributed by atoms with Crippen molar-refractivity contribution in [1.29, 1.82) is 0 Å². The van der Waals surface area contributed by atoms with Crippen LogP contribution in [0.5, 0.6) is 5.88 Å². The normalized spacial score (nSPS) is 16.9. The highest BCUT2D eigenvalue weighted by Gasteiger charge is 2.32. The summed E-state index contributed by atoms with van der Waals surface area (Å²) in [5, 5.41) is 13.0. The molecule has 0 amide bonds. The van der Waals surface area contributed by atoms with Crippen LogP contribution in [0.2, 0.25) is 0 Å². The number of hydrogen-bond acceptors (Lipinski definition) is 8. The van der Waals surface area contributed by atoms with Crippen molar-refractivity contribution in [2.45, 2.75) is 78.3 Å². The number of carboxylic acids is 1. The number of halogens is 1. The first-order valence-corrected chi connectivity index (χ1v) is 16.3. The van der Waals surface area contributed by atoms with Gasteiger partial charge < -0.3 is 19.9 Å². The van der Waals surface area contributed by atoms with E-state index < -0.39 is 16.0 Å². The molecule has 1 saturated heterocycles. The van der Waals surface area contributed by atoms with Crippen LogP contribution in [-0.2, 0) is 14.8 Å². The highest BCUT2D eigenvalue weighted by atomic mass is 35.5. The molecule has 2 atom stereocenters. The molecule has 10 nitrogen and oxygen atoms in total. The molecule has 0 bridgehead atoms. The summed E-state index contributed by atoms with van der Waals surface area (Å²) in [6.07, 6.45) is 1.94. The molecule has 1 aromatic heterocycles. The van der Waals surface area contributed by atoms with E-state index in [-0.39, 0.29) is 57.7 Å². The molecule has 2 aromatic carbocycles. The Labute approximate surface area is 272 Å². The zero-order valence-corrected chi connectivity index (χ0v) is 28.6. The van der Waals surface area contributed by atoms with Gasteiger partial charge in [0.05, 0.1) is 28.9 Å². The molecule has 4 rings (SSSR count). The Kier molecular flexibility index (Phi) is 11.6. The lowest BCUT2D eigenvalue weighted by Crippen LogP contribution is -2.41. The summed E-state index contributed by atoms with van der Waals surface area (Å²) in [5.41, 5.74) is 3.31. The highest BCUT2D eigenvalue weighted by molar-refractivity contribution is 7.92. The van der Waals surface area contributed by atoms with Crippen LogP contribution in [0.1, 0.15) is 68.9 Å². The number of benzene rings is 2. The molecule has 0 spiro atoms. The molecule has 0 saturated carbocycles. The number of aromatic carboxylic acids is 1. The van der Waals surface area contributed by atoms with Crippen molar-refractivity contribution in [3.63, 3.8) is 0 Å². The summed E-state index contributed by atoms with van der Waals surface area (Å²) < 4.78 is 41.3. The quantitative estimate of drug-likeness (QED) is 0.205. The first-order valence-electron chi connectivity index (χ1n) is 14.8. The summed E-state index contributed by atoms with van der Waals surface area (Å²) in [4.78, 5) is 20.2. The number of aromatic nitrogens is 2. The summed E-state index contributed by atoms with van der Waals surface area (Å²) >= 11 is 0. The molecule has 45 heavy (non-hydrogen) atoms. The second-order valence-corrected chi connectivity index (χ2v) is 15.3. The number of nitrogens with zero attached hydrogens (tertiary/aromatic N) is 2. The molecule has 3 N–H and O–H groups in total. The van der Waals surface area contributed by atoms with Gasteiger partial charge in [-0.05, 0) is 66.8 Å². The Morgan fingerprint density at radius 1 is 1.11 bits per heavy atom. The van der Waals surface area contributed by atoms with E-state index in [2.05, 4.69) is 54.6 Å². The molecule has 2 heterocycles. The van der Waals surface area contributed by atoms with Crippen molar-refractivity contribution in [2.75, 3.05) is 24.5 Å². The number of anilines is 1. The van der Waals surface area contributed by atoms with E-state index in [1.165, 1.54) is 18.2 Å². The van der Waals surface area contributed by atoms with Gasteiger partial charge >= 0.3 is 5.97 Å². The number of sulfonamides is 1.